The van der Waals surface area contributed by atoms with Crippen molar-refractivity contribution in [3.63, 3.8) is 0 Å². The van der Waals surface area contributed by atoms with Crippen LogP contribution in [0.5, 0.6) is 5.75 Å². The number of carbonyl (C=O) groups is 2. The van der Waals surface area contributed by atoms with Crippen molar-refractivity contribution in [1.29, 1.82) is 0 Å². The molecule has 0 aliphatic carbocycles. The Morgan fingerprint density at radius 1 is 1.19 bits per heavy atom. The molecule has 4 atom stereocenters. The normalized spacial score (nSPS) is 33.7. The molecule has 0 N–H and O–H groups in total. The highest BCUT2D eigenvalue weighted by Gasteiger charge is 2.62. The number of hydrogen-bond donors (Lipinski definition) is 0. The number of carbonyl (C=O) groups excluding carboxylic acids is 2. The van der Waals surface area contributed by atoms with Gasteiger partial charge < -0.3 is 9.47 Å². The average molecular weight is 287 g/mol. The number of hydrogen-bond acceptors (Lipinski definition) is 4. The van der Waals surface area contributed by atoms with Gasteiger partial charge in [0.25, 0.3) is 0 Å². The lowest BCUT2D eigenvalue weighted by molar-refractivity contribution is -0.124. The molecule has 3 saturated heterocycles. The van der Waals surface area contributed by atoms with Gasteiger partial charge in [0, 0.05) is 6.07 Å². The van der Waals surface area contributed by atoms with Crippen molar-refractivity contribution >= 4 is 17.5 Å². The maximum Gasteiger partial charge on any atom is 0.240 e. The number of ether oxygens (including phenoxy) is 2. The highest BCUT2D eigenvalue weighted by atomic mass is 16.5. The summed E-state index contributed by atoms with van der Waals surface area (Å²) in [6.45, 7) is 2.45. The largest absolute Gasteiger partial charge is 0.494 e. The van der Waals surface area contributed by atoms with Crippen LogP contribution in [0.3, 0.4) is 0 Å². The van der Waals surface area contributed by atoms with E-state index in [9.17, 15) is 9.59 Å². The lowest BCUT2D eigenvalue weighted by Crippen LogP contribution is -2.34. The molecular weight excluding hydrogens is 270 g/mol. The predicted octanol–water partition coefficient (Wildman–Crippen LogP) is 1.75. The maximum absolute atomic E-state index is 12.6. The van der Waals surface area contributed by atoms with Crippen LogP contribution in [0.4, 0.5) is 5.69 Å². The zero-order chi connectivity index (χ0) is 14.6. The SMILES string of the molecule is CCOc1cccc(N2C(=O)C3C4CCC(O4)C3C2=O)c1. The number of benzene rings is 1. The van der Waals surface area contributed by atoms with Crippen LogP contribution >= 0.6 is 0 Å². The zero-order valence-electron chi connectivity index (χ0n) is 11.8. The van der Waals surface area contributed by atoms with E-state index in [-0.39, 0.29) is 35.9 Å². The number of rotatable bonds is 3. The third-order valence-electron chi connectivity index (χ3n) is 4.67. The van der Waals surface area contributed by atoms with Crippen molar-refractivity contribution in [2.45, 2.75) is 32.0 Å². The Hall–Kier alpha value is -1.88. The minimum Gasteiger partial charge on any atom is -0.494 e. The standard InChI is InChI=1S/C16H17NO4/c1-2-20-10-5-3-4-9(8-10)17-15(18)13-11-6-7-12(21-11)14(13)16(17)19/h3-5,8,11-14H,2,6-7H2,1H3. The highest BCUT2D eigenvalue weighted by Crippen LogP contribution is 2.49. The molecule has 4 unspecified atom stereocenters. The van der Waals surface area contributed by atoms with E-state index >= 15 is 0 Å². The number of imide groups is 1. The Labute approximate surface area is 122 Å². The minimum absolute atomic E-state index is 0.0727. The van der Waals surface area contributed by atoms with E-state index in [2.05, 4.69) is 0 Å². The fourth-order valence-electron chi connectivity index (χ4n) is 3.85. The quantitative estimate of drug-likeness (QED) is 0.795. The number of nitrogens with zero attached hydrogens (tertiary/aromatic N) is 1. The average Bonchev–Trinajstić information content (AvgIpc) is 3.14. The molecule has 0 aromatic heterocycles. The van der Waals surface area contributed by atoms with Crippen LogP contribution < -0.4 is 9.64 Å². The van der Waals surface area contributed by atoms with Gasteiger partial charge in [-0.25, -0.2) is 4.90 Å². The molecule has 4 rings (SSSR count). The monoisotopic (exact) mass is 287 g/mol. The highest BCUT2D eigenvalue weighted by molar-refractivity contribution is 6.22. The first-order chi connectivity index (χ1) is 10.2. The molecule has 0 saturated carbocycles. The molecule has 21 heavy (non-hydrogen) atoms. The first kappa shape index (κ1) is 12.8. The molecule has 1 aromatic rings. The van der Waals surface area contributed by atoms with Crippen LogP contribution in [0.1, 0.15) is 19.8 Å². The van der Waals surface area contributed by atoms with E-state index in [4.69, 9.17) is 9.47 Å². The van der Waals surface area contributed by atoms with Gasteiger partial charge in [0.15, 0.2) is 0 Å². The second-order valence-corrected chi connectivity index (χ2v) is 5.78. The summed E-state index contributed by atoms with van der Waals surface area (Å²) >= 11 is 0. The smallest absolute Gasteiger partial charge is 0.240 e. The Balaban J connectivity index is 1.68. The molecule has 5 heteroatoms. The van der Waals surface area contributed by atoms with E-state index in [0.717, 1.165) is 12.8 Å². The van der Waals surface area contributed by atoms with Gasteiger partial charge in [0.2, 0.25) is 11.8 Å². The molecule has 3 fully saturated rings. The zero-order valence-corrected chi connectivity index (χ0v) is 11.8. The van der Waals surface area contributed by atoms with Crippen molar-refractivity contribution in [1.82, 2.24) is 0 Å². The van der Waals surface area contributed by atoms with E-state index < -0.39 is 0 Å². The van der Waals surface area contributed by atoms with E-state index in [1.807, 2.05) is 13.0 Å². The lowest BCUT2D eigenvalue weighted by Gasteiger charge is -2.18. The molecular formula is C16H17NO4. The summed E-state index contributed by atoms with van der Waals surface area (Å²) in [5, 5.41) is 0. The molecule has 2 bridgehead atoms. The summed E-state index contributed by atoms with van der Waals surface area (Å²) in [7, 11) is 0. The third-order valence-corrected chi connectivity index (χ3v) is 4.67. The lowest BCUT2D eigenvalue weighted by atomic mass is 9.81. The van der Waals surface area contributed by atoms with Crippen LogP contribution in [0.15, 0.2) is 24.3 Å². The van der Waals surface area contributed by atoms with Crippen LogP contribution in [0, 0.1) is 11.8 Å². The summed E-state index contributed by atoms with van der Waals surface area (Å²) in [5.74, 6) is -0.137. The molecule has 2 amide bonds. The van der Waals surface area contributed by atoms with Crippen LogP contribution in [-0.2, 0) is 14.3 Å². The van der Waals surface area contributed by atoms with E-state index in [1.165, 1.54) is 4.90 Å². The third kappa shape index (κ3) is 1.73. The summed E-state index contributed by atoms with van der Waals surface area (Å²) in [5.41, 5.74) is 0.602. The number of anilines is 1. The summed E-state index contributed by atoms with van der Waals surface area (Å²) in [6, 6.07) is 7.16. The van der Waals surface area contributed by atoms with Crippen molar-refractivity contribution in [2.24, 2.45) is 11.8 Å². The maximum atomic E-state index is 12.6. The second-order valence-electron chi connectivity index (χ2n) is 5.78. The summed E-state index contributed by atoms with van der Waals surface area (Å²) in [4.78, 5) is 26.6. The van der Waals surface area contributed by atoms with Gasteiger partial charge in [0.05, 0.1) is 36.3 Å². The Morgan fingerprint density at radius 2 is 1.86 bits per heavy atom. The predicted molar refractivity (Wildman–Crippen MR) is 75.0 cm³/mol. The Bertz CT molecular complexity index is 586. The van der Waals surface area contributed by atoms with Gasteiger partial charge in [-0.3, -0.25) is 9.59 Å². The first-order valence-corrected chi connectivity index (χ1v) is 7.47. The van der Waals surface area contributed by atoms with Gasteiger partial charge in [-0.2, -0.15) is 0 Å². The number of amides is 2. The van der Waals surface area contributed by atoms with E-state index in [1.54, 1.807) is 18.2 Å². The fraction of sp³-hybridized carbons (Fsp3) is 0.500. The van der Waals surface area contributed by atoms with E-state index in [0.29, 0.717) is 18.0 Å². The first-order valence-electron chi connectivity index (χ1n) is 7.47. The molecule has 0 spiro atoms. The van der Waals surface area contributed by atoms with Crippen molar-refractivity contribution < 1.29 is 19.1 Å². The second kappa shape index (κ2) is 4.56. The van der Waals surface area contributed by atoms with Crippen LogP contribution in [0.2, 0.25) is 0 Å². The Kier molecular flexibility index (Phi) is 2.79. The van der Waals surface area contributed by atoms with Gasteiger partial charge in [-0.05, 0) is 31.9 Å². The molecule has 5 nitrogen and oxygen atoms in total. The van der Waals surface area contributed by atoms with Crippen molar-refractivity contribution in [3.8, 4) is 5.75 Å². The molecule has 0 radical (unpaired) electrons. The van der Waals surface area contributed by atoms with Gasteiger partial charge in [0.1, 0.15) is 5.75 Å². The van der Waals surface area contributed by atoms with Gasteiger partial charge in [-0.1, -0.05) is 6.07 Å². The van der Waals surface area contributed by atoms with Crippen LogP contribution in [0.25, 0.3) is 0 Å². The van der Waals surface area contributed by atoms with Gasteiger partial charge >= 0.3 is 0 Å². The molecule has 3 heterocycles. The van der Waals surface area contributed by atoms with Crippen LogP contribution in [-0.4, -0.2) is 30.6 Å². The molecule has 110 valence electrons. The molecule has 3 aliphatic heterocycles. The molecule has 1 aromatic carbocycles. The summed E-state index contributed by atoms with van der Waals surface area (Å²) < 4.78 is 11.2. The molecule has 3 aliphatic rings. The number of fused-ring (bicyclic) bond motifs is 5. The summed E-state index contributed by atoms with van der Waals surface area (Å²) in [6.07, 6.45) is 1.63. The minimum atomic E-state index is -0.285. The fourth-order valence-corrected chi connectivity index (χ4v) is 3.85. The van der Waals surface area contributed by atoms with Crippen molar-refractivity contribution in [2.75, 3.05) is 11.5 Å². The Morgan fingerprint density at radius 3 is 2.48 bits per heavy atom. The topological polar surface area (TPSA) is 55.8 Å². The van der Waals surface area contributed by atoms with Crippen molar-refractivity contribution in [3.05, 3.63) is 24.3 Å². The van der Waals surface area contributed by atoms with Gasteiger partial charge in [-0.15, -0.1) is 0 Å².